The molecule has 0 aliphatic heterocycles. The van der Waals surface area contributed by atoms with Crippen LogP contribution >= 0.6 is 0 Å². The second-order valence-electron chi connectivity index (χ2n) is 5.17. The van der Waals surface area contributed by atoms with E-state index in [2.05, 4.69) is 15.1 Å². The van der Waals surface area contributed by atoms with E-state index >= 15 is 0 Å². The number of ketones is 1. The molecule has 0 spiro atoms. The molecule has 6 heteroatoms. The molecule has 0 saturated heterocycles. The Bertz CT molecular complexity index is 742. The number of aromatic nitrogens is 2. The molecule has 0 fully saturated rings. The van der Waals surface area contributed by atoms with E-state index in [1.165, 1.54) is 0 Å². The topological polar surface area (TPSA) is 98.3 Å². The van der Waals surface area contributed by atoms with Crippen molar-refractivity contribution in [1.29, 1.82) is 0 Å². The van der Waals surface area contributed by atoms with Gasteiger partial charge in [-0.1, -0.05) is 18.2 Å². The van der Waals surface area contributed by atoms with Crippen molar-refractivity contribution < 1.29 is 4.79 Å². The van der Waals surface area contributed by atoms with E-state index in [0.29, 0.717) is 35.5 Å². The fourth-order valence-electron chi connectivity index (χ4n) is 2.93. The summed E-state index contributed by atoms with van der Waals surface area (Å²) in [6, 6.07) is 7.08. The highest BCUT2D eigenvalue weighted by Gasteiger charge is 2.30. The summed E-state index contributed by atoms with van der Waals surface area (Å²) in [5, 5.41) is 3.04. The Morgan fingerprint density at radius 3 is 2.76 bits per heavy atom. The molecule has 1 aliphatic rings. The molecule has 1 aliphatic carbocycles. The molecule has 0 amide bonds. The number of hydrogen-bond donors (Lipinski definition) is 1. The number of nitrogens with two attached hydrogens (primary N) is 1. The Kier molecular flexibility index (Phi) is 3.21. The van der Waals surface area contributed by atoms with Crippen molar-refractivity contribution >= 4 is 17.4 Å². The van der Waals surface area contributed by atoms with Crippen molar-refractivity contribution in [3.05, 3.63) is 51.7 Å². The van der Waals surface area contributed by atoms with Crippen molar-refractivity contribution in [2.75, 3.05) is 5.73 Å². The van der Waals surface area contributed by atoms with Crippen LogP contribution < -0.4 is 5.73 Å². The summed E-state index contributed by atoms with van der Waals surface area (Å²) in [4.78, 5) is 31.5. The molecule has 1 heterocycles. The average molecular weight is 282 g/mol. The largest absolute Gasteiger partial charge is 0.368 e. The zero-order valence-corrected chi connectivity index (χ0v) is 11.5. The van der Waals surface area contributed by atoms with Crippen LogP contribution in [0, 0.1) is 11.8 Å². The minimum absolute atomic E-state index is 0.0144. The molecule has 2 N–H and O–H groups in total. The van der Waals surface area contributed by atoms with Gasteiger partial charge >= 0.3 is 0 Å². The lowest BCUT2D eigenvalue weighted by Gasteiger charge is -2.24. The monoisotopic (exact) mass is 282 g/mol. The van der Waals surface area contributed by atoms with Crippen molar-refractivity contribution in [2.45, 2.75) is 25.7 Å². The molecule has 3 rings (SSSR count). The Balaban J connectivity index is 2.06. The summed E-state index contributed by atoms with van der Waals surface area (Å²) in [5.74, 6) is 0.0496. The maximum Gasteiger partial charge on any atom is 0.220 e. The number of nitrogen functional groups attached to an aromatic ring is 1. The fraction of sp³-hybridized carbons (Fsp3) is 0.267. The molecule has 21 heavy (non-hydrogen) atoms. The van der Waals surface area contributed by atoms with E-state index in [4.69, 9.17) is 5.73 Å². The zero-order valence-electron chi connectivity index (χ0n) is 11.5. The van der Waals surface area contributed by atoms with Crippen LogP contribution in [0.2, 0.25) is 0 Å². The second kappa shape index (κ2) is 5.05. The molecule has 0 radical (unpaired) electrons. The summed E-state index contributed by atoms with van der Waals surface area (Å²) in [6.07, 6.45) is 0.884. The number of nitrogens with zero attached hydrogens (tertiary/aromatic N) is 3. The minimum atomic E-state index is -0.104. The number of benzene rings is 1. The lowest BCUT2D eigenvalue weighted by Crippen LogP contribution is -2.23. The molecule has 1 unspecified atom stereocenters. The van der Waals surface area contributed by atoms with Crippen molar-refractivity contribution in [2.24, 2.45) is 5.18 Å². The number of fused-ring (bicyclic) bond motifs is 1. The van der Waals surface area contributed by atoms with E-state index in [1.807, 2.05) is 12.1 Å². The summed E-state index contributed by atoms with van der Waals surface area (Å²) >= 11 is 0. The average Bonchev–Trinajstić information content (AvgIpc) is 2.45. The lowest BCUT2D eigenvalue weighted by atomic mass is 9.80. The highest BCUT2D eigenvalue weighted by Crippen LogP contribution is 2.37. The van der Waals surface area contributed by atoms with Crippen LogP contribution in [0.3, 0.4) is 0 Å². The Hall–Kier alpha value is -2.63. The van der Waals surface area contributed by atoms with Crippen molar-refractivity contribution in [1.82, 2.24) is 9.97 Å². The highest BCUT2D eigenvalue weighted by molar-refractivity contribution is 5.99. The van der Waals surface area contributed by atoms with E-state index in [0.717, 1.165) is 5.56 Å². The first-order valence-corrected chi connectivity index (χ1v) is 6.68. The maximum atomic E-state index is 12.4. The van der Waals surface area contributed by atoms with Gasteiger partial charge in [0.15, 0.2) is 5.78 Å². The summed E-state index contributed by atoms with van der Waals surface area (Å²) in [5.41, 5.74) is 8.65. The van der Waals surface area contributed by atoms with Crippen molar-refractivity contribution in [3.8, 4) is 0 Å². The molecule has 0 saturated carbocycles. The van der Waals surface area contributed by atoms with Gasteiger partial charge in [0.25, 0.3) is 0 Å². The van der Waals surface area contributed by atoms with Crippen LogP contribution in [0.5, 0.6) is 0 Å². The third-order valence-electron chi connectivity index (χ3n) is 3.81. The maximum absolute atomic E-state index is 12.4. The fourth-order valence-corrected chi connectivity index (χ4v) is 2.93. The van der Waals surface area contributed by atoms with Gasteiger partial charge in [-0.3, -0.25) is 4.79 Å². The third kappa shape index (κ3) is 2.29. The number of nitroso groups, excluding NO2 is 1. The predicted octanol–water partition coefficient (Wildman–Crippen LogP) is 2.68. The van der Waals surface area contributed by atoms with Gasteiger partial charge in [0.1, 0.15) is 5.69 Å². The molecule has 2 aromatic rings. The van der Waals surface area contributed by atoms with E-state index in [-0.39, 0.29) is 17.6 Å². The van der Waals surface area contributed by atoms with Gasteiger partial charge in [0.2, 0.25) is 5.95 Å². The standard InChI is InChI=1S/C15H14N4O2/c1-8-14-12(18-15(16)17-8)6-9(7-13(14)20)10-4-2-3-5-11(10)19-21/h2-5,9H,6-7H2,1H3,(H2,16,17,18). The van der Waals surface area contributed by atoms with Crippen LogP contribution in [-0.2, 0) is 6.42 Å². The molecule has 106 valence electrons. The lowest BCUT2D eigenvalue weighted by molar-refractivity contribution is 0.0962. The zero-order chi connectivity index (χ0) is 15.0. The van der Waals surface area contributed by atoms with Crippen molar-refractivity contribution in [3.63, 3.8) is 0 Å². The molecule has 1 aromatic heterocycles. The molecular formula is C15H14N4O2. The Morgan fingerprint density at radius 1 is 1.24 bits per heavy atom. The molecule has 6 nitrogen and oxygen atoms in total. The van der Waals surface area contributed by atoms with Crippen LogP contribution in [-0.4, -0.2) is 15.8 Å². The highest BCUT2D eigenvalue weighted by atomic mass is 16.3. The summed E-state index contributed by atoms with van der Waals surface area (Å²) in [6.45, 7) is 1.76. The van der Waals surface area contributed by atoms with Crippen LogP contribution in [0.4, 0.5) is 11.6 Å². The van der Waals surface area contributed by atoms with Gasteiger partial charge in [-0.25, -0.2) is 9.97 Å². The normalized spacial score (nSPS) is 17.4. The summed E-state index contributed by atoms with van der Waals surface area (Å²) in [7, 11) is 0. The number of carbonyl (C=O) groups is 1. The number of Topliss-reactive ketones (excluding diaryl/α,β-unsaturated/α-hetero) is 1. The van der Waals surface area contributed by atoms with Gasteiger partial charge in [0.05, 0.1) is 17.0 Å². The van der Waals surface area contributed by atoms with Crippen LogP contribution in [0.1, 0.15) is 39.6 Å². The molecule has 0 bridgehead atoms. The Labute approximate surface area is 121 Å². The first kappa shape index (κ1) is 13.4. The van der Waals surface area contributed by atoms with Gasteiger partial charge in [-0.05, 0) is 36.1 Å². The molecule has 1 aromatic carbocycles. The smallest absolute Gasteiger partial charge is 0.220 e. The SMILES string of the molecule is Cc1nc(N)nc2c1C(=O)CC(c1ccccc1N=O)C2. The van der Waals surface area contributed by atoms with E-state index < -0.39 is 0 Å². The van der Waals surface area contributed by atoms with Gasteiger partial charge in [-0.2, -0.15) is 0 Å². The third-order valence-corrected chi connectivity index (χ3v) is 3.81. The van der Waals surface area contributed by atoms with Gasteiger partial charge in [-0.15, -0.1) is 4.91 Å². The number of aryl methyl sites for hydroxylation is 1. The second-order valence-corrected chi connectivity index (χ2v) is 5.17. The van der Waals surface area contributed by atoms with Gasteiger partial charge in [0, 0.05) is 6.42 Å². The van der Waals surface area contributed by atoms with Crippen LogP contribution in [0.25, 0.3) is 0 Å². The number of rotatable bonds is 2. The van der Waals surface area contributed by atoms with Gasteiger partial charge < -0.3 is 5.73 Å². The predicted molar refractivity (Wildman–Crippen MR) is 78.5 cm³/mol. The minimum Gasteiger partial charge on any atom is -0.368 e. The Morgan fingerprint density at radius 2 is 2.00 bits per heavy atom. The first-order valence-electron chi connectivity index (χ1n) is 6.68. The van der Waals surface area contributed by atoms with E-state index in [9.17, 15) is 9.70 Å². The number of hydrogen-bond acceptors (Lipinski definition) is 6. The first-order chi connectivity index (χ1) is 10.1. The number of carbonyl (C=O) groups excluding carboxylic acids is 1. The summed E-state index contributed by atoms with van der Waals surface area (Å²) < 4.78 is 0. The number of anilines is 1. The molecular weight excluding hydrogens is 268 g/mol. The van der Waals surface area contributed by atoms with Crippen LogP contribution in [0.15, 0.2) is 29.4 Å². The molecule has 1 atom stereocenters. The quantitative estimate of drug-likeness (QED) is 0.854. The van der Waals surface area contributed by atoms with E-state index in [1.54, 1.807) is 19.1 Å².